The van der Waals surface area contributed by atoms with Crippen LogP contribution in [0.2, 0.25) is 0 Å². The summed E-state index contributed by atoms with van der Waals surface area (Å²) >= 11 is 1.74. The van der Waals surface area contributed by atoms with E-state index in [-0.39, 0.29) is 11.9 Å². The highest BCUT2D eigenvalue weighted by molar-refractivity contribution is 7.12. The molecular formula is C21H22N6O2S. The standard InChI is InChI=1S/C21H22N6O2S/c1-12-10-16(15(4)30-12)19-6-8-22-21(24-19)27-13(2)17(11-23-27)20(28)26(5)14(3)18-7-9-29-25-18/h6-11,14H,1-5H3. The van der Waals surface area contributed by atoms with E-state index < -0.39 is 0 Å². The van der Waals surface area contributed by atoms with Crippen LogP contribution in [0.4, 0.5) is 0 Å². The maximum atomic E-state index is 13.1. The van der Waals surface area contributed by atoms with Crippen LogP contribution in [0.25, 0.3) is 17.2 Å². The highest BCUT2D eigenvalue weighted by atomic mass is 32.1. The summed E-state index contributed by atoms with van der Waals surface area (Å²) in [5, 5.41) is 8.31. The number of thiophene rings is 1. The highest BCUT2D eigenvalue weighted by Crippen LogP contribution is 2.29. The SMILES string of the molecule is Cc1cc(-c2ccnc(-n3ncc(C(=O)N(C)C(C)c4ccon4)c3C)n2)c(C)s1. The van der Waals surface area contributed by atoms with Crippen LogP contribution in [-0.4, -0.2) is 42.8 Å². The molecule has 9 heteroatoms. The van der Waals surface area contributed by atoms with Crippen molar-refractivity contribution < 1.29 is 9.32 Å². The van der Waals surface area contributed by atoms with Gasteiger partial charge >= 0.3 is 0 Å². The largest absolute Gasteiger partial charge is 0.364 e. The summed E-state index contributed by atoms with van der Waals surface area (Å²) in [5.74, 6) is 0.272. The van der Waals surface area contributed by atoms with Gasteiger partial charge in [-0.15, -0.1) is 11.3 Å². The third-order valence-electron chi connectivity index (χ3n) is 5.18. The summed E-state index contributed by atoms with van der Waals surface area (Å²) in [6.07, 6.45) is 4.76. The van der Waals surface area contributed by atoms with Gasteiger partial charge in [0.1, 0.15) is 12.0 Å². The maximum Gasteiger partial charge on any atom is 0.257 e. The Morgan fingerprint density at radius 1 is 1.27 bits per heavy atom. The summed E-state index contributed by atoms with van der Waals surface area (Å²) in [6.45, 7) is 7.89. The molecule has 1 atom stereocenters. The first-order chi connectivity index (χ1) is 14.4. The topological polar surface area (TPSA) is 89.9 Å². The predicted molar refractivity (Wildman–Crippen MR) is 114 cm³/mol. The molecule has 0 spiro atoms. The van der Waals surface area contributed by atoms with Crippen molar-refractivity contribution in [3.63, 3.8) is 0 Å². The lowest BCUT2D eigenvalue weighted by Crippen LogP contribution is -2.30. The number of carbonyl (C=O) groups excluding carboxylic acids is 1. The third-order valence-corrected chi connectivity index (χ3v) is 6.14. The number of carbonyl (C=O) groups is 1. The molecule has 154 valence electrons. The molecule has 4 aromatic heterocycles. The Hall–Kier alpha value is -3.33. The fourth-order valence-electron chi connectivity index (χ4n) is 3.31. The van der Waals surface area contributed by atoms with Gasteiger partial charge in [0.15, 0.2) is 0 Å². The quantitative estimate of drug-likeness (QED) is 0.480. The minimum absolute atomic E-state index is 0.158. The van der Waals surface area contributed by atoms with Gasteiger partial charge in [-0.3, -0.25) is 4.79 Å². The lowest BCUT2D eigenvalue weighted by Gasteiger charge is -2.22. The van der Waals surface area contributed by atoms with E-state index in [1.54, 1.807) is 46.4 Å². The molecule has 0 bridgehead atoms. The summed E-state index contributed by atoms with van der Waals surface area (Å²) in [7, 11) is 1.73. The number of nitrogens with zero attached hydrogens (tertiary/aromatic N) is 6. The second-order valence-corrected chi connectivity index (χ2v) is 8.60. The molecule has 0 aliphatic carbocycles. The van der Waals surface area contributed by atoms with Crippen molar-refractivity contribution in [2.75, 3.05) is 7.05 Å². The summed E-state index contributed by atoms with van der Waals surface area (Å²) < 4.78 is 6.49. The number of hydrogen-bond donors (Lipinski definition) is 0. The van der Waals surface area contributed by atoms with Crippen LogP contribution >= 0.6 is 11.3 Å². The monoisotopic (exact) mass is 422 g/mol. The summed E-state index contributed by atoms with van der Waals surface area (Å²) in [4.78, 5) is 26.2. The number of hydrogen-bond acceptors (Lipinski definition) is 7. The smallest absolute Gasteiger partial charge is 0.257 e. The molecule has 8 nitrogen and oxygen atoms in total. The van der Waals surface area contributed by atoms with Gasteiger partial charge in [-0.25, -0.2) is 14.6 Å². The minimum Gasteiger partial charge on any atom is -0.364 e. The molecule has 0 aliphatic rings. The molecule has 0 saturated heterocycles. The molecule has 4 heterocycles. The molecule has 0 fully saturated rings. The van der Waals surface area contributed by atoms with Gasteiger partial charge in [0.05, 0.1) is 29.2 Å². The van der Waals surface area contributed by atoms with Gasteiger partial charge in [0, 0.05) is 34.6 Å². The Balaban J connectivity index is 1.64. The lowest BCUT2D eigenvalue weighted by atomic mass is 10.1. The second-order valence-electron chi connectivity index (χ2n) is 7.14. The van der Waals surface area contributed by atoms with E-state index in [9.17, 15) is 4.79 Å². The number of rotatable bonds is 5. The molecule has 0 aliphatic heterocycles. The maximum absolute atomic E-state index is 13.1. The van der Waals surface area contributed by atoms with Crippen LogP contribution in [0.3, 0.4) is 0 Å². The first-order valence-electron chi connectivity index (χ1n) is 9.49. The van der Waals surface area contributed by atoms with Crippen molar-refractivity contribution >= 4 is 17.2 Å². The Labute approximate surface area is 178 Å². The number of aromatic nitrogens is 5. The zero-order chi connectivity index (χ0) is 21.4. The van der Waals surface area contributed by atoms with Gasteiger partial charge in [-0.05, 0) is 39.8 Å². The van der Waals surface area contributed by atoms with E-state index in [0.717, 1.165) is 11.3 Å². The molecule has 1 unspecified atom stereocenters. The van der Waals surface area contributed by atoms with Crippen molar-refractivity contribution in [1.29, 1.82) is 0 Å². The van der Waals surface area contributed by atoms with Crippen LogP contribution in [0.1, 0.15) is 44.5 Å². The van der Waals surface area contributed by atoms with E-state index in [0.29, 0.717) is 22.9 Å². The predicted octanol–water partition coefficient (Wildman–Crippen LogP) is 4.14. The normalized spacial score (nSPS) is 12.2. The molecule has 0 N–H and O–H groups in total. The number of amides is 1. The Kier molecular flexibility index (Phi) is 5.21. The third kappa shape index (κ3) is 3.52. The average molecular weight is 423 g/mol. The van der Waals surface area contributed by atoms with Crippen molar-refractivity contribution in [2.24, 2.45) is 0 Å². The van der Waals surface area contributed by atoms with Gasteiger partial charge in [0.2, 0.25) is 0 Å². The fraction of sp³-hybridized carbons (Fsp3) is 0.286. The minimum atomic E-state index is -0.233. The van der Waals surface area contributed by atoms with Gasteiger partial charge < -0.3 is 9.42 Å². The van der Waals surface area contributed by atoms with E-state index in [1.165, 1.54) is 16.0 Å². The lowest BCUT2D eigenvalue weighted by molar-refractivity contribution is 0.0737. The van der Waals surface area contributed by atoms with Crippen molar-refractivity contribution in [3.8, 4) is 17.2 Å². The van der Waals surface area contributed by atoms with E-state index >= 15 is 0 Å². The van der Waals surface area contributed by atoms with Gasteiger partial charge in [-0.1, -0.05) is 5.16 Å². The Bertz CT molecular complexity index is 1190. The molecule has 4 rings (SSSR count). The van der Waals surface area contributed by atoms with Crippen LogP contribution in [0, 0.1) is 20.8 Å². The Morgan fingerprint density at radius 2 is 2.07 bits per heavy atom. The summed E-state index contributed by atoms with van der Waals surface area (Å²) in [5.41, 5.74) is 3.78. The van der Waals surface area contributed by atoms with Crippen molar-refractivity contribution in [3.05, 3.63) is 63.6 Å². The van der Waals surface area contributed by atoms with Gasteiger partial charge in [-0.2, -0.15) is 5.10 Å². The molecule has 0 aromatic carbocycles. The van der Waals surface area contributed by atoms with Crippen LogP contribution in [0.5, 0.6) is 0 Å². The van der Waals surface area contributed by atoms with E-state index in [4.69, 9.17) is 9.51 Å². The van der Waals surface area contributed by atoms with Crippen LogP contribution in [0.15, 0.2) is 41.4 Å². The number of aryl methyl sites for hydroxylation is 2. The van der Waals surface area contributed by atoms with Crippen LogP contribution in [-0.2, 0) is 0 Å². The first-order valence-corrected chi connectivity index (χ1v) is 10.3. The second kappa shape index (κ2) is 7.83. The first kappa shape index (κ1) is 20.0. The zero-order valence-electron chi connectivity index (χ0n) is 17.4. The van der Waals surface area contributed by atoms with Crippen molar-refractivity contribution in [2.45, 2.75) is 33.7 Å². The molecule has 30 heavy (non-hydrogen) atoms. The van der Waals surface area contributed by atoms with Gasteiger partial charge in [0.25, 0.3) is 11.9 Å². The highest BCUT2D eigenvalue weighted by Gasteiger charge is 2.25. The van der Waals surface area contributed by atoms with Crippen molar-refractivity contribution in [1.82, 2.24) is 29.8 Å². The molecule has 0 saturated carbocycles. The molecule has 4 aromatic rings. The Morgan fingerprint density at radius 3 is 2.73 bits per heavy atom. The van der Waals surface area contributed by atoms with Crippen LogP contribution < -0.4 is 0 Å². The molecular weight excluding hydrogens is 400 g/mol. The molecule has 1 amide bonds. The zero-order valence-corrected chi connectivity index (χ0v) is 18.3. The molecule has 0 radical (unpaired) electrons. The van der Waals surface area contributed by atoms with E-state index in [1.807, 2.05) is 19.9 Å². The summed E-state index contributed by atoms with van der Waals surface area (Å²) in [6, 6.07) is 5.52. The average Bonchev–Trinajstić information content (AvgIpc) is 3.47. The fourth-order valence-corrected chi connectivity index (χ4v) is 4.24. The van der Waals surface area contributed by atoms with E-state index in [2.05, 4.69) is 35.2 Å².